The number of hydrogen-bond donors (Lipinski definition) is 1. The van der Waals surface area contributed by atoms with E-state index in [1.165, 1.54) is 11.3 Å². The Morgan fingerprint density at radius 2 is 1.86 bits per heavy atom. The second-order valence-electron chi connectivity index (χ2n) is 4.55. The second-order valence-corrected chi connectivity index (χ2v) is 4.55. The van der Waals surface area contributed by atoms with Crippen molar-refractivity contribution in [3.05, 3.63) is 29.8 Å². The fourth-order valence-corrected chi connectivity index (χ4v) is 1.33. The summed E-state index contributed by atoms with van der Waals surface area (Å²) in [4.78, 5) is 0. The Labute approximate surface area is 87.5 Å². The summed E-state index contributed by atoms with van der Waals surface area (Å²) in [6, 6.07) is 8.69. The van der Waals surface area contributed by atoms with E-state index in [4.69, 9.17) is 0 Å². The van der Waals surface area contributed by atoms with Crippen LogP contribution >= 0.6 is 0 Å². The SMILES string of the molecule is CC(C)CNc1cccc(C(C)C)c1. The molecule has 1 N–H and O–H groups in total. The Bertz CT molecular complexity index is 276. The van der Waals surface area contributed by atoms with Crippen molar-refractivity contribution in [2.75, 3.05) is 11.9 Å². The van der Waals surface area contributed by atoms with Crippen LogP contribution in [0.2, 0.25) is 0 Å². The van der Waals surface area contributed by atoms with Gasteiger partial charge < -0.3 is 5.32 Å². The predicted molar refractivity (Wildman–Crippen MR) is 63.9 cm³/mol. The first-order chi connectivity index (χ1) is 6.59. The van der Waals surface area contributed by atoms with E-state index in [0.29, 0.717) is 11.8 Å². The van der Waals surface area contributed by atoms with E-state index < -0.39 is 0 Å². The molecule has 78 valence electrons. The third-order valence-electron chi connectivity index (χ3n) is 2.27. The lowest BCUT2D eigenvalue weighted by molar-refractivity contribution is 0.689. The molecule has 0 bridgehead atoms. The zero-order chi connectivity index (χ0) is 10.6. The monoisotopic (exact) mass is 191 g/mol. The fourth-order valence-electron chi connectivity index (χ4n) is 1.33. The van der Waals surface area contributed by atoms with Gasteiger partial charge in [0.15, 0.2) is 0 Å². The minimum Gasteiger partial charge on any atom is -0.385 e. The van der Waals surface area contributed by atoms with E-state index in [1.807, 2.05) is 0 Å². The van der Waals surface area contributed by atoms with Gasteiger partial charge in [-0.15, -0.1) is 0 Å². The average Bonchev–Trinajstić information content (AvgIpc) is 2.15. The van der Waals surface area contributed by atoms with Crippen molar-refractivity contribution in [2.24, 2.45) is 5.92 Å². The van der Waals surface area contributed by atoms with Crippen molar-refractivity contribution in [2.45, 2.75) is 33.6 Å². The van der Waals surface area contributed by atoms with Gasteiger partial charge in [0.1, 0.15) is 0 Å². The number of nitrogens with one attached hydrogen (secondary N) is 1. The van der Waals surface area contributed by atoms with Gasteiger partial charge in [-0.1, -0.05) is 39.8 Å². The number of rotatable bonds is 4. The van der Waals surface area contributed by atoms with Gasteiger partial charge in [0.25, 0.3) is 0 Å². The first-order valence-corrected chi connectivity index (χ1v) is 5.43. The number of hydrogen-bond acceptors (Lipinski definition) is 1. The topological polar surface area (TPSA) is 12.0 Å². The summed E-state index contributed by atoms with van der Waals surface area (Å²) >= 11 is 0. The largest absolute Gasteiger partial charge is 0.385 e. The van der Waals surface area contributed by atoms with Crippen LogP contribution in [0.4, 0.5) is 5.69 Å². The van der Waals surface area contributed by atoms with Crippen LogP contribution in [-0.2, 0) is 0 Å². The minimum absolute atomic E-state index is 0.607. The maximum absolute atomic E-state index is 3.44. The Hall–Kier alpha value is -0.980. The lowest BCUT2D eigenvalue weighted by Gasteiger charge is -2.11. The van der Waals surface area contributed by atoms with Crippen LogP contribution in [0, 0.1) is 5.92 Å². The summed E-state index contributed by atoms with van der Waals surface area (Å²) in [7, 11) is 0. The predicted octanol–water partition coefficient (Wildman–Crippen LogP) is 3.88. The molecule has 0 atom stereocenters. The molecule has 1 aromatic carbocycles. The molecule has 0 saturated heterocycles. The van der Waals surface area contributed by atoms with E-state index in [2.05, 4.69) is 57.3 Å². The lowest BCUT2D eigenvalue weighted by Crippen LogP contribution is -2.08. The molecular formula is C13H21N. The Morgan fingerprint density at radius 1 is 1.14 bits per heavy atom. The van der Waals surface area contributed by atoms with Crippen LogP contribution in [0.5, 0.6) is 0 Å². The van der Waals surface area contributed by atoms with Crippen molar-refractivity contribution in [3.8, 4) is 0 Å². The van der Waals surface area contributed by atoms with Crippen LogP contribution in [0.15, 0.2) is 24.3 Å². The van der Waals surface area contributed by atoms with Crippen LogP contribution in [-0.4, -0.2) is 6.54 Å². The normalized spacial score (nSPS) is 11.0. The van der Waals surface area contributed by atoms with Gasteiger partial charge in [0.05, 0.1) is 0 Å². The van der Waals surface area contributed by atoms with Crippen molar-refractivity contribution in [1.29, 1.82) is 0 Å². The summed E-state index contributed by atoms with van der Waals surface area (Å²) in [5.74, 6) is 1.30. The smallest absolute Gasteiger partial charge is 0.0343 e. The average molecular weight is 191 g/mol. The molecule has 0 aliphatic rings. The fraction of sp³-hybridized carbons (Fsp3) is 0.538. The summed E-state index contributed by atoms with van der Waals surface area (Å²) < 4.78 is 0. The highest BCUT2D eigenvalue weighted by atomic mass is 14.9. The van der Waals surface area contributed by atoms with Gasteiger partial charge in [-0.2, -0.15) is 0 Å². The summed E-state index contributed by atoms with van der Waals surface area (Å²) in [5, 5.41) is 3.44. The molecule has 0 heterocycles. The molecule has 0 aliphatic carbocycles. The van der Waals surface area contributed by atoms with Crippen LogP contribution in [0.1, 0.15) is 39.2 Å². The van der Waals surface area contributed by atoms with E-state index in [9.17, 15) is 0 Å². The molecular weight excluding hydrogens is 170 g/mol. The standard InChI is InChI=1S/C13H21N/c1-10(2)9-14-13-7-5-6-12(8-13)11(3)4/h5-8,10-11,14H,9H2,1-4H3. The summed E-state index contributed by atoms with van der Waals surface area (Å²) in [6.45, 7) is 9.93. The quantitative estimate of drug-likeness (QED) is 0.761. The molecule has 1 aromatic rings. The van der Waals surface area contributed by atoms with Crippen molar-refractivity contribution < 1.29 is 0 Å². The molecule has 0 radical (unpaired) electrons. The Kier molecular flexibility index (Phi) is 3.99. The molecule has 0 saturated carbocycles. The highest BCUT2D eigenvalue weighted by Crippen LogP contribution is 2.18. The number of benzene rings is 1. The molecule has 0 spiro atoms. The molecule has 0 aliphatic heterocycles. The van der Waals surface area contributed by atoms with Gasteiger partial charge >= 0.3 is 0 Å². The van der Waals surface area contributed by atoms with Gasteiger partial charge in [-0.3, -0.25) is 0 Å². The summed E-state index contributed by atoms with van der Waals surface area (Å²) in [6.07, 6.45) is 0. The first kappa shape index (κ1) is 11.1. The van der Waals surface area contributed by atoms with Gasteiger partial charge in [-0.25, -0.2) is 0 Å². The molecule has 1 nitrogen and oxygen atoms in total. The van der Waals surface area contributed by atoms with Crippen molar-refractivity contribution >= 4 is 5.69 Å². The van der Waals surface area contributed by atoms with Crippen LogP contribution < -0.4 is 5.32 Å². The third kappa shape index (κ3) is 3.41. The van der Waals surface area contributed by atoms with E-state index in [-0.39, 0.29) is 0 Å². The molecule has 0 fully saturated rings. The Balaban J connectivity index is 2.64. The molecule has 0 aromatic heterocycles. The molecule has 0 unspecified atom stereocenters. The van der Waals surface area contributed by atoms with Crippen LogP contribution in [0.3, 0.4) is 0 Å². The van der Waals surface area contributed by atoms with Crippen molar-refractivity contribution in [1.82, 2.24) is 0 Å². The van der Waals surface area contributed by atoms with Gasteiger partial charge in [0.2, 0.25) is 0 Å². The molecule has 1 heteroatoms. The van der Waals surface area contributed by atoms with Gasteiger partial charge in [0, 0.05) is 12.2 Å². The van der Waals surface area contributed by atoms with E-state index in [0.717, 1.165) is 6.54 Å². The molecule has 14 heavy (non-hydrogen) atoms. The second kappa shape index (κ2) is 5.04. The highest BCUT2D eigenvalue weighted by molar-refractivity contribution is 5.46. The highest BCUT2D eigenvalue weighted by Gasteiger charge is 2.00. The van der Waals surface area contributed by atoms with Gasteiger partial charge in [-0.05, 0) is 29.5 Å². The molecule has 0 amide bonds. The first-order valence-electron chi connectivity index (χ1n) is 5.43. The van der Waals surface area contributed by atoms with Crippen molar-refractivity contribution in [3.63, 3.8) is 0 Å². The third-order valence-corrected chi connectivity index (χ3v) is 2.27. The maximum Gasteiger partial charge on any atom is 0.0343 e. The van der Waals surface area contributed by atoms with Crippen LogP contribution in [0.25, 0.3) is 0 Å². The van der Waals surface area contributed by atoms with E-state index >= 15 is 0 Å². The number of anilines is 1. The minimum atomic E-state index is 0.607. The van der Waals surface area contributed by atoms with E-state index in [1.54, 1.807) is 0 Å². The zero-order valence-corrected chi connectivity index (χ0v) is 9.67. The molecule has 1 rings (SSSR count). The summed E-state index contributed by atoms with van der Waals surface area (Å²) in [5.41, 5.74) is 2.64. The lowest BCUT2D eigenvalue weighted by atomic mass is 10.0. The Morgan fingerprint density at radius 3 is 2.43 bits per heavy atom. The maximum atomic E-state index is 3.44. The zero-order valence-electron chi connectivity index (χ0n) is 9.67.